The Kier molecular flexibility index (Phi) is 14.4. The first-order valence-corrected chi connectivity index (χ1v) is 28.0. The summed E-state index contributed by atoms with van der Waals surface area (Å²) in [6.07, 6.45) is 0. The Labute approximate surface area is 304 Å². The zero-order chi connectivity index (χ0) is 36.4. The topological polar surface area (TPSA) is 0 Å². The Morgan fingerprint density at radius 1 is 0.327 bits per heavy atom. The van der Waals surface area contributed by atoms with Crippen LogP contribution < -0.4 is 10.4 Å². The lowest BCUT2D eigenvalue weighted by molar-refractivity contribution is 1.02. The second-order valence-corrected chi connectivity index (χ2v) is 31.8. The molecule has 0 aromatic heterocycles. The zero-order valence-electron chi connectivity index (χ0n) is 32.9. The maximum atomic E-state index is 2.47. The number of hydrogen-bond donors (Lipinski definition) is 0. The molecule has 0 aliphatic carbocycles. The highest BCUT2D eigenvalue weighted by atomic mass is 28.3. The van der Waals surface area contributed by atoms with E-state index in [-0.39, 0.29) is 0 Å². The first kappa shape index (κ1) is 40.2. The van der Waals surface area contributed by atoms with Crippen molar-refractivity contribution in [3.05, 3.63) is 167 Å². The number of aryl methyl sites for hydroxylation is 3. The first-order valence-electron chi connectivity index (χ1n) is 18.2. The minimum absolute atomic E-state index is 0.639. The maximum absolute atomic E-state index is 2.47. The van der Waals surface area contributed by atoms with E-state index in [1.165, 1.54) is 43.8 Å². The molecular formula is C46H64Si3. The first-order chi connectivity index (χ1) is 22.9. The summed E-state index contributed by atoms with van der Waals surface area (Å²) in [4.78, 5) is 0. The Balaban J connectivity index is 0.000000202. The Hall–Kier alpha value is -3.25. The van der Waals surface area contributed by atoms with Gasteiger partial charge < -0.3 is 0 Å². The summed E-state index contributed by atoms with van der Waals surface area (Å²) in [5.41, 5.74) is 10.5. The van der Waals surface area contributed by atoms with E-state index in [0.29, 0.717) is 11.1 Å². The van der Waals surface area contributed by atoms with Gasteiger partial charge in [-0.2, -0.15) is 0 Å². The number of rotatable bonds is 8. The van der Waals surface area contributed by atoms with E-state index in [2.05, 4.69) is 221 Å². The molecule has 5 aromatic carbocycles. The molecule has 0 fully saturated rings. The molecule has 0 aliphatic rings. The predicted octanol–water partition coefficient (Wildman–Crippen LogP) is 12.5. The fourth-order valence-electron chi connectivity index (χ4n) is 6.13. The maximum Gasteiger partial charge on any atom is 0.0877 e. The van der Waals surface area contributed by atoms with Gasteiger partial charge in [-0.1, -0.05) is 227 Å². The van der Waals surface area contributed by atoms with Crippen LogP contribution >= 0.6 is 0 Å². The fraction of sp³-hybridized carbons (Fsp3) is 0.348. The SMILES string of the molecule is Cc1ccc(C(C)[Si](C)(C)C)cc1.Cc1ccc(C(C)[Si](C)(C)c2ccccc2)cc1.Cc1ccc(C(C)[Si](C)(C)c2ccccc2)cc1. The van der Waals surface area contributed by atoms with E-state index in [4.69, 9.17) is 0 Å². The van der Waals surface area contributed by atoms with Crippen LogP contribution in [0.3, 0.4) is 0 Å². The molecule has 49 heavy (non-hydrogen) atoms. The largest absolute Gasteiger partial charge is 0.0877 e. The van der Waals surface area contributed by atoms with Crippen LogP contribution in [0.1, 0.15) is 70.8 Å². The van der Waals surface area contributed by atoms with Crippen molar-refractivity contribution in [3.8, 4) is 0 Å². The van der Waals surface area contributed by atoms with E-state index < -0.39 is 24.2 Å². The molecule has 5 aromatic rings. The summed E-state index contributed by atoms with van der Waals surface area (Å²) in [5.74, 6) is 0. The van der Waals surface area contributed by atoms with Gasteiger partial charge in [0.1, 0.15) is 0 Å². The molecule has 0 bridgehead atoms. The van der Waals surface area contributed by atoms with E-state index in [1.807, 2.05) is 0 Å². The van der Waals surface area contributed by atoms with Crippen LogP contribution in [0.25, 0.3) is 0 Å². The molecule has 0 radical (unpaired) electrons. The summed E-state index contributed by atoms with van der Waals surface area (Å²) in [7, 11) is -3.90. The molecule has 260 valence electrons. The lowest BCUT2D eigenvalue weighted by Crippen LogP contribution is -2.46. The molecule has 0 nitrogen and oxygen atoms in total. The van der Waals surface area contributed by atoms with Gasteiger partial charge in [0.2, 0.25) is 0 Å². The Morgan fingerprint density at radius 2 is 0.571 bits per heavy atom. The number of benzene rings is 5. The normalized spacial score (nSPS) is 13.6. The highest BCUT2D eigenvalue weighted by Gasteiger charge is 2.32. The van der Waals surface area contributed by atoms with Crippen LogP contribution in [0.5, 0.6) is 0 Å². The highest BCUT2D eigenvalue weighted by molar-refractivity contribution is 6.91. The predicted molar refractivity (Wildman–Crippen MR) is 229 cm³/mol. The van der Waals surface area contributed by atoms with E-state index in [0.717, 1.165) is 5.54 Å². The molecule has 3 atom stereocenters. The molecule has 0 saturated carbocycles. The van der Waals surface area contributed by atoms with Crippen LogP contribution in [0.15, 0.2) is 133 Å². The molecule has 0 amide bonds. The van der Waals surface area contributed by atoms with Crippen LogP contribution in [0.4, 0.5) is 0 Å². The van der Waals surface area contributed by atoms with Gasteiger partial charge in [-0.3, -0.25) is 0 Å². The van der Waals surface area contributed by atoms with Crippen molar-refractivity contribution in [1.82, 2.24) is 0 Å². The van der Waals surface area contributed by atoms with Crippen molar-refractivity contribution >= 4 is 34.6 Å². The van der Waals surface area contributed by atoms with Crippen LogP contribution in [-0.2, 0) is 0 Å². The third kappa shape index (κ3) is 11.4. The molecular weight excluding hydrogens is 637 g/mol. The third-order valence-electron chi connectivity index (χ3n) is 11.2. The van der Waals surface area contributed by atoms with E-state index in [1.54, 1.807) is 0 Å². The summed E-state index contributed by atoms with van der Waals surface area (Å²) in [5, 5.41) is 3.08. The zero-order valence-corrected chi connectivity index (χ0v) is 35.9. The van der Waals surface area contributed by atoms with Crippen molar-refractivity contribution in [3.63, 3.8) is 0 Å². The number of hydrogen-bond acceptors (Lipinski definition) is 0. The smallest absolute Gasteiger partial charge is 0.0691 e. The molecule has 0 heterocycles. The summed E-state index contributed by atoms with van der Waals surface area (Å²) in [6, 6.07) is 49.0. The highest BCUT2D eigenvalue weighted by Crippen LogP contribution is 2.28. The van der Waals surface area contributed by atoms with Gasteiger partial charge in [0.05, 0.1) is 24.2 Å². The lowest BCUT2D eigenvalue weighted by atomic mass is 10.1. The van der Waals surface area contributed by atoms with Gasteiger partial charge in [0.15, 0.2) is 0 Å². The monoisotopic (exact) mass is 700 g/mol. The Morgan fingerprint density at radius 3 is 0.816 bits per heavy atom. The van der Waals surface area contributed by atoms with Crippen molar-refractivity contribution in [2.24, 2.45) is 0 Å². The van der Waals surface area contributed by atoms with Gasteiger partial charge in [0, 0.05) is 0 Å². The average molecular weight is 701 g/mol. The molecule has 3 unspecified atom stereocenters. The minimum atomic E-state index is -1.44. The molecule has 0 spiro atoms. The lowest BCUT2D eigenvalue weighted by Gasteiger charge is -2.30. The van der Waals surface area contributed by atoms with Crippen molar-refractivity contribution < 1.29 is 0 Å². The standard InChI is InChI=1S/2C17H22Si.C12H20Si/c2*1-14-10-12-16(13-11-14)15(2)18(3,4)17-8-6-5-7-9-17;1-10-6-8-12(9-7-10)11(2)13(3,4)5/h2*5-13,15H,1-4H3;6-9,11H,1-5H3. The minimum Gasteiger partial charge on any atom is -0.0691 e. The second-order valence-electron chi connectivity index (χ2n) is 16.4. The molecule has 0 aliphatic heterocycles. The van der Waals surface area contributed by atoms with Crippen molar-refractivity contribution in [2.45, 2.75) is 104 Å². The Bertz CT molecular complexity index is 1560. The van der Waals surface area contributed by atoms with E-state index >= 15 is 0 Å². The van der Waals surface area contributed by atoms with Gasteiger partial charge in [-0.25, -0.2) is 0 Å². The van der Waals surface area contributed by atoms with Gasteiger partial charge >= 0.3 is 0 Å². The molecule has 0 saturated heterocycles. The summed E-state index contributed by atoms with van der Waals surface area (Å²) in [6.45, 7) is 30.7. The summed E-state index contributed by atoms with van der Waals surface area (Å²) < 4.78 is 0. The van der Waals surface area contributed by atoms with Gasteiger partial charge in [0.25, 0.3) is 0 Å². The van der Waals surface area contributed by atoms with Crippen molar-refractivity contribution in [2.75, 3.05) is 0 Å². The molecule has 3 heteroatoms. The van der Waals surface area contributed by atoms with Gasteiger partial charge in [-0.15, -0.1) is 0 Å². The van der Waals surface area contributed by atoms with Crippen LogP contribution in [-0.4, -0.2) is 24.2 Å². The quantitative estimate of drug-likeness (QED) is 0.141. The molecule has 5 rings (SSSR count). The average Bonchev–Trinajstić information content (AvgIpc) is 3.09. The second kappa shape index (κ2) is 17.6. The summed E-state index contributed by atoms with van der Waals surface area (Å²) >= 11 is 0. The van der Waals surface area contributed by atoms with Gasteiger partial charge in [-0.05, 0) is 54.1 Å². The van der Waals surface area contributed by atoms with Crippen LogP contribution in [0.2, 0.25) is 45.8 Å². The molecule has 0 N–H and O–H groups in total. The van der Waals surface area contributed by atoms with E-state index in [9.17, 15) is 0 Å². The fourth-order valence-corrected chi connectivity index (χ4v) is 12.5. The van der Waals surface area contributed by atoms with Crippen LogP contribution in [0, 0.1) is 20.8 Å². The third-order valence-corrected chi connectivity index (χ3v) is 22.8. The van der Waals surface area contributed by atoms with Crippen molar-refractivity contribution in [1.29, 1.82) is 0 Å².